The molecule has 2 heterocycles. The highest BCUT2D eigenvalue weighted by Crippen LogP contribution is 2.24. The Morgan fingerprint density at radius 1 is 1.11 bits per heavy atom. The molecule has 12 nitrogen and oxygen atoms in total. The molecule has 0 spiro atoms. The molecular formula is C21H24ClF3N6O6S. The molecule has 0 saturated carbocycles. The van der Waals surface area contributed by atoms with Crippen LogP contribution in [0.1, 0.15) is 10.4 Å². The van der Waals surface area contributed by atoms with E-state index >= 15 is 0 Å². The number of pyridine rings is 1. The van der Waals surface area contributed by atoms with E-state index in [2.05, 4.69) is 20.9 Å². The molecule has 3 rings (SSSR count). The van der Waals surface area contributed by atoms with Gasteiger partial charge in [-0.15, -0.1) is 0 Å². The predicted octanol–water partition coefficient (Wildman–Crippen LogP) is 2.31. The maximum absolute atomic E-state index is 13.0. The lowest BCUT2D eigenvalue weighted by Gasteiger charge is -2.28. The van der Waals surface area contributed by atoms with Crippen LogP contribution in [-0.4, -0.2) is 92.1 Å². The number of nitrogens with zero attached hydrogens (tertiary/aromatic N) is 3. The number of anilines is 2. The Kier molecular flexibility index (Phi) is 10.4. The molecule has 1 aliphatic rings. The average molecular weight is 581 g/mol. The molecule has 0 aliphatic carbocycles. The van der Waals surface area contributed by atoms with E-state index in [1.54, 1.807) is 11.0 Å². The fourth-order valence-corrected chi connectivity index (χ4v) is 3.93. The molecule has 1 aromatic carbocycles. The number of piperazine rings is 1. The van der Waals surface area contributed by atoms with Crippen molar-refractivity contribution in [1.82, 2.24) is 19.5 Å². The highest BCUT2D eigenvalue weighted by atomic mass is 35.5. The number of amides is 3. The Morgan fingerprint density at radius 3 is 2.21 bits per heavy atom. The minimum Gasteiger partial charge on any atom is -0.475 e. The first-order chi connectivity index (χ1) is 17.6. The van der Waals surface area contributed by atoms with Crippen molar-refractivity contribution in [3.8, 4) is 0 Å². The molecule has 38 heavy (non-hydrogen) atoms. The second kappa shape index (κ2) is 12.9. The lowest BCUT2D eigenvalue weighted by molar-refractivity contribution is -0.192. The Labute approximate surface area is 220 Å². The van der Waals surface area contributed by atoms with E-state index in [4.69, 9.17) is 21.5 Å². The van der Waals surface area contributed by atoms with E-state index in [0.717, 1.165) is 4.31 Å². The van der Waals surface area contributed by atoms with Gasteiger partial charge in [0, 0.05) is 46.5 Å². The zero-order valence-corrected chi connectivity index (χ0v) is 21.6. The Hall–Kier alpha value is -3.47. The lowest BCUT2D eigenvalue weighted by atomic mass is 10.1. The number of carboxylic acids is 1. The number of halogens is 4. The number of nitrogens with one attached hydrogen (secondary N) is 3. The third-order valence-electron chi connectivity index (χ3n) is 4.87. The Bertz CT molecular complexity index is 1270. The molecule has 1 saturated heterocycles. The fourth-order valence-electron chi connectivity index (χ4n) is 2.89. The van der Waals surface area contributed by atoms with Gasteiger partial charge in [0.05, 0.1) is 21.2 Å². The number of carbonyl (C=O) groups is 3. The first kappa shape index (κ1) is 30.8. The molecule has 1 aromatic heterocycles. The minimum atomic E-state index is -5.08. The van der Waals surface area contributed by atoms with E-state index in [9.17, 15) is 31.2 Å². The Morgan fingerprint density at radius 2 is 1.71 bits per heavy atom. The number of hydrogen-bond donors (Lipinski definition) is 4. The number of carboxylic acid groups (broad SMARTS) is 1. The zero-order valence-electron chi connectivity index (χ0n) is 20.0. The smallest absolute Gasteiger partial charge is 0.475 e. The summed E-state index contributed by atoms with van der Waals surface area (Å²) in [4.78, 5) is 40.0. The van der Waals surface area contributed by atoms with Gasteiger partial charge in [0.2, 0.25) is 10.0 Å². The first-order valence-corrected chi connectivity index (χ1v) is 12.5. The minimum absolute atomic E-state index is 0.0110. The van der Waals surface area contributed by atoms with Crippen molar-refractivity contribution in [3.63, 3.8) is 0 Å². The molecule has 1 fully saturated rings. The van der Waals surface area contributed by atoms with E-state index in [1.165, 1.54) is 44.6 Å². The van der Waals surface area contributed by atoms with Crippen molar-refractivity contribution in [2.75, 3.05) is 50.9 Å². The van der Waals surface area contributed by atoms with E-state index < -0.39 is 28.1 Å². The molecule has 0 radical (unpaired) electrons. The number of urea groups is 1. The van der Waals surface area contributed by atoms with Crippen LogP contribution >= 0.6 is 11.6 Å². The second-order valence-electron chi connectivity index (χ2n) is 7.78. The second-order valence-corrected chi connectivity index (χ2v) is 10.4. The highest BCUT2D eigenvalue weighted by molar-refractivity contribution is 7.89. The fraction of sp³-hybridized carbons (Fsp3) is 0.333. The highest BCUT2D eigenvalue weighted by Gasteiger charge is 2.38. The van der Waals surface area contributed by atoms with Crippen LogP contribution in [0.25, 0.3) is 0 Å². The lowest BCUT2D eigenvalue weighted by Crippen LogP contribution is -2.48. The van der Waals surface area contributed by atoms with Crippen molar-refractivity contribution >= 4 is 51.0 Å². The summed E-state index contributed by atoms with van der Waals surface area (Å²) in [6.45, 7) is 2.39. The molecule has 1 aliphatic heterocycles. The summed E-state index contributed by atoms with van der Waals surface area (Å²) in [7, 11) is -0.997. The number of aromatic nitrogens is 1. The van der Waals surface area contributed by atoms with Crippen molar-refractivity contribution < 1.29 is 41.1 Å². The van der Waals surface area contributed by atoms with Crippen LogP contribution < -0.4 is 16.0 Å². The normalized spacial score (nSPS) is 13.8. The number of aliphatic carboxylic acids is 1. The van der Waals surface area contributed by atoms with E-state index in [1.807, 2.05) is 0 Å². The zero-order chi connectivity index (χ0) is 28.7. The summed E-state index contributed by atoms with van der Waals surface area (Å²) in [5.41, 5.74) is 0.177. The summed E-state index contributed by atoms with van der Waals surface area (Å²) in [6.07, 6.45) is -3.71. The first-order valence-electron chi connectivity index (χ1n) is 10.7. The van der Waals surface area contributed by atoms with E-state index in [0.29, 0.717) is 31.2 Å². The van der Waals surface area contributed by atoms with Gasteiger partial charge in [-0.3, -0.25) is 4.79 Å². The number of sulfonamides is 1. The van der Waals surface area contributed by atoms with Crippen LogP contribution in [0, 0.1) is 0 Å². The standard InChI is InChI=1S/C19H23ClN6O4S.C2HF3O2/c1-25(2)31(29,30)14-4-5-16(23-19(28)26-9-7-21-8-10-26)15(11-14)18(27)24-17-6-3-13(20)12-22-17;3-2(4,5)1(6)7/h3-6,11-12,21H,7-10H2,1-2H3,(H,23,28)(H,22,24,27);(H,6,7). The van der Waals surface area contributed by atoms with Crippen LogP contribution in [0.5, 0.6) is 0 Å². The molecule has 3 amide bonds. The van der Waals surface area contributed by atoms with Gasteiger partial charge in [0.25, 0.3) is 5.91 Å². The van der Waals surface area contributed by atoms with Gasteiger partial charge in [0.1, 0.15) is 5.82 Å². The molecule has 4 N–H and O–H groups in total. The van der Waals surface area contributed by atoms with Crippen LogP contribution in [0.4, 0.5) is 29.5 Å². The van der Waals surface area contributed by atoms with Crippen molar-refractivity contribution in [3.05, 3.63) is 47.1 Å². The molecular weight excluding hydrogens is 557 g/mol. The largest absolute Gasteiger partial charge is 0.490 e. The average Bonchev–Trinajstić information content (AvgIpc) is 2.85. The number of benzene rings is 1. The van der Waals surface area contributed by atoms with E-state index in [-0.39, 0.29) is 28.0 Å². The monoisotopic (exact) mass is 580 g/mol. The summed E-state index contributed by atoms with van der Waals surface area (Å²) < 4.78 is 57.9. The summed E-state index contributed by atoms with van der Waals surface area (Å²) in [5, 5.41) is 16.0. The van der Waals surface area contributed by atoms with Crippen molar-refractivity contribution in [1.29, 1.82) is 0 Å². The van der Waals surface area contributed by atoms with Crippen LogP contribution in [0.3, 0.4) is 0 Å². The Balaban J connectivity index is 0.000000638. The molecule has 17 heteroatoms. The van der Waals surface area contributed by atoms with Gasteiger partial charge in [-0.2, -0.15) is 13.2 Å². The third kappa shape index (κ3) is 8.54. The number of alkyl halides is 3. The third-order valence-corrected chi connectivity index (χ3v) is 6.91. The molecule has 0 unspecified atom stereocenters. The molecule has 0 bridgehead atoms. The maximum atomic E-state index is 13.0. The molecule has 0 atom stereocenters. The number of carbonyl (C=O) groups excluding carboxylic acids is 2. The van der Waals surface area contributed by atoms with Crippen LogP contribution in [0.15, 0.2) is 41.4 Å². The van der Waals surface area contributed by atoms with Crippen molar-refractivity contribution in [2.24, 2.45) is 0 Å². The van der Waals surface area contributed by atoms with Gasteiger partial charge in [-0.05, 0) is 30.3 Å². The van der Waals surface area contributed by atoms with Crippen LogP contribution in [-0.2, 0) is 14.8 Å². The van der Waals surface area contributed by atoms with Gasteiger partial charge < -0.3 is 26.0 Å². The SMILES string of the molecule is CN(C)S(=O)(=O)c1ccc(NC(=O)N2CCNCC2)c(C(=O)Nc2ccc(Cl)cn2)c1.O=C(O)C(F)(F)F. The van der Waals surface area contributed by atoms with Gasteiger partial charge in [-0.1, -0.05) is 11.6 Å². The quantitative estimate of drug-likeness (QED) is 0.419. The summed E-state index contributed by atoms with van der Waals surface area (Å²) in [5.74, 6) is -3.15. The number of hydrogen-bond acceptors (Lipinski definition) is 7. The predicted molar refractivity (Wildman–Crippen MR) is 132 cm³/mol. The van der Waals surface area contributed by atoms with Gasteiger partial charge >= 0.3 is 18.2 Å². The van der Waals surface area contributed by atoms with Gasteiger partial charge in [-0.25, -0.2) is 27.3 Å². The molecule has 2 aromatic rings. The maximum Gasteiger partial charge on any atom is 0.490 e. The summed E-state index contributed by atoms with van der Waals surface area (Å²) >= 11 is 5.82. The summed E-state index contributed by atoms with van der Waals surface area (Å²) in [6, 6.07) is 6.68. The molecule has 208 valence electrons. The van der Waals surface area contributed by atoms with Crippen molar-refractivity contribution in [2.45, 2.75) is 11.1 Å². The number of rotatable bonds is 5. The topological polar surface area (TPSA) is 161 Å². The van der Waals surface area contributed by atoms with Crippen LogP contribution in [0.2, 0.25) is 5.02 Å². The van der Waals surface area contributed by atoms with Gasteiger partial charge in [0.15, 0.2) is 0 Å².